The molecule has 1 fully saturated rings. The van der Waals surface area contributed by atoms with E-state index in [0.717, 1.165) is 61.2 Å². The van der Waals surface area contributed by atoms with Gasteiger partial charge in [0.2, 0.25) is 0 Å². The Hall–Kier alpha value is -2.08. The number of methoxy groups -OCH3 is 1. The van der Waals surface area contributed by atoms with E-state index in [1.54, 1.807) is 7.11 Å². The number of aromatic nitrogens is 1. The van der Waals surface area contributed by atoms with Crippen molar-refractivity contribution in [3.05, 3.63) is 23.4 Å². The number of ether oxygens (including phenoxy) is 2. The van der Waals surface area contributed by atoms with Gasteiger partial charge >= 0.3 is 0 Å². The van der Waals surface area contributed by atoms with Gasteiger partial charge in [0.1, 0.15) is 6.17 Å². The van der Waals surface area contributed by atoms with Gasteiger partial charge < -0.3 is 19.7 Å². The standard InChI is InChI=1S/C23H32FN3O2/c1-15(2)25-23-17-6-4-7-19(17)26-20-13-22(21(28-3)12-18(20)23)29-11-5-9-27-10-8-16(24)14-27/h12-13,15-16H,4-11,14H2,1-3H3,(H,25,26)/t16-/m1/s1. The summed E-state index contributed by atoms with van der Waals surface area (Å²) in [5.41, 5.74) is 4.69. The molecular weight excluding hydrogens is 369 g/mol. The summed E-state index contributed by atoms with van der Waals surface area (Å²) in [5, 5.41) is 4.73. The van der Waals surface area contributed by atoms with Gasteiger partial charge in [0.05, 0.1) is 19.2 Å². The molecule has 1 aliphatic heterocycles. The molecule has 1 aromatic heterocycles. The van der Waals surface area contributed by atoms with Crippen molar-refractivity contribution in [3.8, 4) is 11.5 Å². The lowest BCUT2D eigenvalue weighted by Gasteiger charge is -2.19. The molecule has 5 nitrogen and oxygen atoms in total. The average molecular weight is 402 g/mol. The Labute approximate surface area is 172 Å². The van der Waals surface area contributed by atoms with E-state index < -0.39 is 6.17 Å². The quantitative estimate of drug-likeness (QED) is 0.666. The summed E-state index contributed by atoms with van der Waals surface area (Å²) in [7, 11) is 1.68. The number of nitrogens with one attached hydrogen (secondary N) is 1. The first-order chi connectivity index (χ1) is 14.0. The molecule has 4 rings (SSSR count). The molecule has 158 valence electrons. The van der Waals surface area contributed by atoms with Crippen molar-refractivity contribution in [1.29, 1.82) is 0 Å². The zero-order valence-corrected chi connectivity index (χ0v) is 17.8. The van der Waals surface area contributed by atoms with Gasteiger partial charge in [0.25, 0.3) is 0 Å². The van der Waals surface area contributed by atoms with Crippen LogP contribution in [0.4, 0.5) is 10.1 Å². The second-order valence-corrected chi connectivity index (χ2v) is 8.47. The van der Waals surface area contributed by atoms with Gasteiger partial charge in [-0.25, -0.2) is 4.39 Å². The van der Waals surface area contributed by atoms with Crippen molar-refractivity contribution in [2.24, 2.45) is 0 Å². The van der Waals surface area contributed by atoms with Crippen molar-refractivity contribution in [1.82, 2.24) is 9.88 Å². The Morgan fingerprint density at radius 1 is 1.28 bits per heavy atom. The minimum absolute atomic E-state index is 0.349. The number of hydrogen-bond donors (Lipinski definition) is 1. The zero-order valence-electron chi connectivity index (χ0n) is 17.8. The van der Waals surface area contributed by atoms with Crippen LogP contribution in [0.25, 0.3) is 10.9 Å². The van der Waals surface area contributed by atoms with E-state index in [2.05, 4.69) is 30.1 Å². The van der Waals surface area contributed by atoms with Crippen LogP contribution in [0.1, 0.15) is 44.4 Å². The van der Waals surface area contributed by atoms with Crippen LogP contribution in [0.2, 0.25) is 0 Å². The highest BCUT2D eigenvalue weighted by molar-refractivity contribution is 5.96. The SMILES string of the molecule is COc1cc2c(NC(C)C)c3c(nc2cc1OCCCN1CC[C@@H](F)C1)CCC3. The van der Waals surface area contributed by atoms with Gasteiger partial charge in [-0.1, -0.05) is 0 Å². The zero-order chi connectivity index (χ0) is 20.4. The summed E-state index contributed by atoms with van der Waals surface area (Å²) in [5.74, 6) is 1.46. The molecule has 1 atom stereocenters. The molecule has 6 heteroatoms. The maximum atomic E-state index is 13.3. The van der Waals surface area contributed by atoms with Crippen LogP contribution < -0.4 is 14.8 Å². The first kappa shape index (κ1) is 20.2. The van der Waals surface area contributed by atoms with E-state index >= 15 is 0 Å². The molecule has 0 spiro atoms. The lowest BCUT2D eigenvalue weighted by atomic mass is 10.1. The van der Waals surface area contributed by atoms with Crippen LogP contribution in [0.3, 0.4) is 0 Å². The third kappa shape index (κ3) is 4.42. The Balaban J connectivity index is 1.54. The maximum Gasteiger partial charge on any atom is 0.163 e. The molecule has 0 radical (unpaired) electrons. The Bertz CT molecular complexity index is 871. The maximum absolute atomic E-state index is 13.3. The number of fused-ring (bicyclic) bond motifs is 2. The number of alkyl halides is 1. The normalized spacial score (nSPS) is 19.1. The number of aryl methyl sites for hydroxylation is 1. The van der Waals surface area contributed by atoms with Crippen molar-refractivity contribution in [3.63, 3.8) is 0 Å². The monoisotopic (exact) mass is 401 g/mol. The number of benzene rings is 1. The Morgan fingerprint density at radius 2 is 2.14 bits per heavy atom. The second-order valence-electron chi connectivity index (χ2n) is 8.47. The van der Waals surface area contributed by atoms with Crippen molar-refractivity contribution in [2.45, 2.75) is 58.2 Å². The molecule has 1 aliphatic carbocycles. The lowest BCUT2D eigenvalue weighted by molar-refractivity contribution is 0.243. The van der Waals surface area contributed by atoms with E-state index in [-0.39, 0.29) is 0 Å². The molecule has 2 aromatic rings. The lowest BCUT2D eigenvalue weighted by Crippen LogP contribution is -2.23. The fourth-order valence-electron chi connectivity index (χ4n) is 4.45. The molecule has 1 saturated heterocycles. The number of halogens is 1. The second kappa shape index (κ2) is 8.74. The van der Waals surface area contributed by atoms with Crippen molar-refractivity contribution in [2.75, 3.05) is 38.7 Å². The molecule has 1 aromatic carbocycles. The minimum atomic E-state index is -0.669. The highest BCUT2D eigenvalue weighted by atomic mass is 19.1. The average Bonchev–Trinajstić information content (AvgIpc) is 3.32. The van der Waals surface area contributed by atoms with E-state index in [0.29, 0.717) is 25.6 Å². The van der Waals surface area contributed by atoms with E-state index in [1.807, 2.05) is 6.07 Å². The topological polar surface area (TPSA) is 46.6 Å². The van der Waals surface area contributed by atoms with Crippen LogP contribution in [0.15, 0.2) is 12.1 Å². The largest absolute Gasteiger partial charge is 0.493 e. The summed E-state index contributed by atoms with van der Waals surface area (Å²) in [4.78, 5) is 7.10. The van der Waals surface area contributed by atoms with Crippen LogP contribution in [0.5, 0.6) is 11.5 Å². The van der Waals surface area contributed by atoms with Gasteiger partial charge in [0.15, 0.2) is 11.5 Å². The van der Waals surface area contributed by atoms with Crippen LogP contribution in [-0.4, -0.2) is 55.4 Å². The highest BCUT2D eigenvalue weighted by Crippen LogP contribution is 2.39. The van der Waals surface area contributed by atoms with Crippen LogP contribution >= 0.6 is 0 Å². The number of pyridine rings is 1. The first-order valence-electron chi connectivity index (χ1n) is 10.8. The van der Waals surface area contributed by atoms with E-state index in [4.69, 9.17) is 14.5 Å². The van der Waals surface area contributed by atoms with E-state index in [1.165, 1.54) is 16.9 Å². The number of hydrogen-bond acceptors (Lipinski definition) is 5. The molecule has 0 saturated carbocycles. The fraction of sp³-hybridized carbons (Fsp3) is 0.609. The minimum Gasteiger partial charge on any atom is -0.493 e. The van der Waals surface area contributed by atoms with Crippen molar-refractivity contribution >= 4 is 16.6 Å². The smallest absolute Gasteiger partial charge is 0.163 e. The predicted molar refractivity (Wildman–Crippen MR) is 115 cm³/mol. The molecule has 0 unspecified atom stereocenters. The summed E-state index contributed by atoms with van der Waals surface area (Å²) >= 11 is 0. The molecule has 0 bridgehead atoms. The van der Waals surface area contributed by atoms with Crippen LogP contribution in [0, 0.1) is 0 Å². The molecule has 1 N–H and O–H groups in total. The number of anilines is 1. The highest BCUT2D eigenvalue weighted by Gasteiger charge is 2.23. The predicted octanol–water partition coefficient (Wildman–Crippen LogP) is 4.37. The third-order valence-corrected chi connectivity index (χ3v) is 5.82. The Kier molecular flexibility index (Phi) is 6.09. The number of nitrogens with zero attached hydrogens (tertiary/aromatic N) is 2. The van der Waals surface area contributed by atoms with Crippen molar-refractivity contribution < 1.29 is 13.9 Å². The first-order valence-corrected chi connectivity index (χ1v) is 10.8. The Morgan fingerprint density at radius 3 is 2.86 bits per heavy atom. The van der Waals surface area contributed by atoms with Gasteiger partial charge in [-0.3, -0.25) is 4.98 Å². The molecule has 29 heavy (non-hydrogen) atoms. The summed E-state index contributed by atoms with van der Waals surface area (Å²) in [6.07, 6.45) is 4.11. The third-order valence-electron chi connectivity index (χ3n) is 5.82. The number of likely N-dealkylation sites (tertiary alicyclic amines) is 1. The number of rotatable bonds is 8. The van der Waals surface area contributed by atoms with Gasteiger partial charge in [-0.05, 0) is 57.6 Å². The summed E-state index contributed by atoms with van der Waals surface area (Å²) in [6.45, 7) is 7.17. The van der Waals surface area contributed by atoms with Gasteiger partial charge in [-0.15, -0.1) is 0 Å². The summed E-state index contributed by atoms with van der Waals surface area (Å²) in [6, 6.07) is 4.41. The molecule has 2 aliphatic rings. The summed E-state index contributed by atoms with van der Waals surface area (Å²) < 4.78 is 25.0. The molecule has 2 heterocycles. The fourth-order valence-corrected chi connectivity index (χ4v) is 4.45. The van der Waals surface area contributed by atoms with E-state index in [9.17, 15) is 4.39 Å². The van der Waals surface area contributed by atoms with Crippen LogP contribution in [-0.2, 0) is 12.8 Å². The molecular formula is C23H32FN3O2. The van der Waals surface area contributed by atoms with Gasteiger partial charge in [-0.2, -0.15) is 0 Å². The van der Waals surface area contributed by atoms with Gasteiger partial charge in [0, 0.05) is 48.5 Å². The molecule has 0 amide bonds.